The van der Waals surface area contributed by atoms with Crippen molar-refractivity contribution >= 4 is 26.8 Å². The molecule has 0 saturated carbocycles. The highest BCUT2D eigenvalue weighted by Gasteiger charge is 2.47. The van der Waals surface area contributed by atoms with E-state index in [-0.39, 0.29) is 10.7 Å². The Kier molecular flexibility index (Phi) is 3.91. The minimum absolute atomic E-state index is 0.166. The van der Waals surface area contributed by atoms with Crippen LogP contribution in [0.5, 0.6) is 0 Å². The summed E-state index contributed by atoms with van der Waals surface area (Å²) in [6.07, 6.45) is 1.12. The van der Waals surface area contributed by atoms with Gasteiger partial charge in [-0.15, -0.1) is 0 Å². The van der Waals surface area contributed by atoms with Gasteiger partial charge in [-0.1, -0.05) is 18.2 Å². The predicted molar refractivity (Wildman–Crippen MR) is 91.5 cm³/mol. The maximum Gasteiger partial charge on any atom is 0.175 e. The highest BCUT2D eigenvalue weighted by Crippen LogP contribution is 2.52. The highest BCUT2D eigenvalue weighted by molar-refractivity contribution is 7.90. The summed E-state index contributed by atoms with van der Waals surface area (Å²) in [5, 5.41) is 0. The van der Waals surface area contributed by atoms with Gasteiger partial charge in [0.1, 0.15) is 0 Å². The molecule has 0 aromatic heterocycles. The van der Waals surface area contributed by atoms with Crippen molar-refractivity contribution in [3.8, 4) is 0 Å². The maximum atomic E-state index is 13.6. The zero-order valence-electron chi connectivity index (χ0n) is 13.9. The first-order chi connectivity index (χ1) is 11.5. The molecule has 0 aliphatic heterocycles. The van der Waals surface area contributed by atoms with Crippen LogP contribution in [0.2, 0.25) is 0 Å². The Morgan fingerprint density at radius 2 is 1.44 bits per heavy atom. The van der Waals surface area contributed by atoms with Crippen LogP contribution in [0.3, 0.4) is 0 Å². The van der Waals surface area contributed by atoms with Gasteiger partial charge in [0.15, 0.2) is 27.3 Å². The highest BCUT2D eigenvalue weighted by atomic mass is 32.2. The molecule has 0 N–H and O–H groups in total. The van der Waals surface area contributed by atoms with Crippen LogP contribution < -0.4 is 0 Å². The molecule has 0 spiro atoms. The summed E-state index contributed by atoms with van der Waals surface area (Å²) in [5.74, 6) is -2.16. The minimum atomic E-state index is -3.32. The summed E-state index contributed by atoms with van der Waals surface area (Å²) < 4.78 is 49.9. The molecule has 3 nitrogen and oxygen atoms in total. The Labute approximate surface area is 144 Å². The van der Waals surface area contributed by atoms with Gasteiger partial charge in [0.05, 0.1) is 10.3 Å². The molecule has 0 amide bonds. The topological polar surface area (TPSA) is 51.2 Å². The number of halogens is 2. The third-order valence-corrected chi connectivity index (χ3v) is 5.58. The standard InChI is InChI=1S/C19H16F2O3S/c1-19(2)17(11-4-7-13(8-5-11)25(3,23)24)16(18(19)22)12-6-9-14(20)15(21)10-12/h4-10H,1-3H3. The fraction of sp³-hybridized carbons (Fsp3) is 0.211. The molecule has 25 heavy (non-hydrogen) atoms. The molecule has 0 fully saturated rings. The van der Waals surface area contributed by atoms with E-state index in [0.29, 0.717) is 22.3 Å². The van der Waals surface area contributed by atoms with E-state index in [1.54, 1.807) is 26.0 Å². The molecule has 0 bridgehead atoms. The number of allylic oxidation sites excluding steroid dienone is 2. The van der Waals surface area contributed by atoms with Crippen LogP contribution in [0.15, 0.2) is 47.4 Å². The molecule has 130 valence electrons. The van der Waals surface area contributed by atoms with E-state index in [4.69, 9.17) is 0 Å². The Bertz CT molecular complexity index is 1020. The van der Waals surface area contributed by atoms with Crippen LogP contribution in [0.4, 0.5) is 8.78 Å². The summed E-state index contributed by atoms with van der Waals surface area (Å²) in [6.45, 7) is 3.50. The van der Waals surface area contributed by atoms with E-state index < -0.39 is 26.9 Å². The zero-order chi connectivity index (χ0) is 18.6. The number of benzene rings is 2. The number of ketones is 1. The first kappa shape index (κ1) is 17.5. The lowest BCUT2D eigenvalue weighted by Gasteiger charge is -2.39. The van der Waals surface area contributed by atoms with Gasteiger partial charge in [-0.05, 0) is 54.8 Å². The molecule has 0 unspecified atom stereocenters. The average Bonchev–Trinajstić information content (AvgIpc) is 2.54. The Morgan fingerprint density at radius 1 is 0.880 bits per heavy atom. The monoisotopic (exact) mass is 362 g/mol. The molecule has 0 radical (unpaired) electrons. The van der Waals surface area contributed by atoms with Gasteiger partial charge < -0.3 is 0 Å². The number of hydrogen-bond acceptors (Lipinski definition) is 3. The first-order valence-corrected chi connectivity index (χ1v) is 9.48. The minimum Gasteiger partial charge on any atom is -0.293 e. The Hall–Kier alpha value is -2.34. The number of Topliss-reactive ketones (excluding diaryl/α,β-unsaturated/α-hetero) is 1. The summed E-state index contributed by atoms with van der Waals surface area (Å²) in [7, 11) is -3.32. The molecule has 0 atom stereocenters. The Balaban J connectivity index is 2.17. The molecular formula is C19H16F2O3S. The van der Waals surface area contributed by atoms with Crippen molar-refractivity contribution in [2.24, 2.45) is 5.41 Å². The summed E-state index contributed by atoms with van der Waals surface area (Å²) in [6, 6.07) is 9.55. The van der Waals surface area contributed by atoms with Crippen molar-refractivity contribution in [2.75, 3.05) is 6.26 Å². The molecule has 1 aliphatic rings. The van der Waals surface area contributed by atoms with Crippen molar-refractivity contribution < 1.29 is 22.0 Å². The largest absolute Gasteiger partial charge is 0.293 e. The first-order valence-electron chi connectivity index (χ1n) is 7.59. The fourth-order valence-electron chi connectivity index (χ4n) is 3.09. The zero-order valence-corrected chi connectivity index (χ0v) is 14.7. The fourth-order valence-corrected chi connectivity index (χ4v) is 3.72. The van der Waals surface area contributed by atoms with Crippen molar-refractivity contribution in [1.29, 1.82) is 0 Å². The van der Waals surface area contributed by atoms with Gasteiger partial charge in [-0.3, -0.25) is 4.79 Å². The van der Waals surface area contributed by atoms with Crippen molar-refractivity contribution in [1.82, 2.24) is 0 Å². The van der Waals surface area contributed by atoms with Crippen LogP contribution in [0, 0.1) is 17.0 Å². The van der Waals surface area contributed by atoms with Crippen LogP contribution in [0.25, 0.3) is 11.1 Å². The van der Waals surface area contributed by atoms with Gasteiger partial charge in [-0.2, -0.15) is 0 Å². The number of rotatable bonds is 3. The van der Waals surface area contributed by atoms with Gasteiger partial charge in [0.2, 0.25) is 0 Å². The van der Waals surface area contributed by atoms with Gasteiger partial charge in [-0.25, -0.2) is 17.2 Å². The van der Waals surface area contributed by atoms with Crippen molar-refractivity contribution in [3.05, 3.63) is 65.2 Å². The van der Waals surface area contributed by atoms with Gasteiger partial charge in [0.25, 0.3) is 0 Å². The van der Waals surface area contributed by atoms with Crippen LogP contribution >= 0.6 is 0 Å². The van der Waals surface area contributed by atoms with Gasteiger partial charge in [0, 0.05) is 11.8 Å². The second kappa shape index (κ2) is 5.59. The quantitative estimate of drug-likeness (QED) is 0.832. The molecule has 1 aliphatic carbocycles. The van der Waals surface area contributed by atoms with Crippen LogP contribution in [0.1, 0.15) is 25.0 Å². The van der Waals surface area contributed by atoms with E-state index in [0.717, 1.165) is 18.4 Å². The second-order valence-corrected chi connectivity index (χ2v) is 8.65. The smallest absolute Gasteiger partial charge is 0.175 e. The lowest BCUT2D eigenvalue weighted by atomic mass is 9.61. The van der Waals surface area contributed by atoms with Crippen LogP contribution in [-0.2, 0) is 14.6 Å². The van der Waals surface area contributed by atoms with Crippen LogP contribution in [-0.4, -0.2) is 20.5 Å². The SMILES string of the molecule is CC1(C)C(=O)C(c2ccc(F)c(F)c2)=C1c1ccc(S(C)(=O)=O)cc1. The van der Waals surface area contributed by atoms with E-state index >= 15 is 0 Å². The predicted octanol–water partition coefficient (Wildman–Crippen LogP) is 3.89. The normalized spacial score (nSPS) is 16.8. The third-order valence-electron chi connectivity index (χ3n) is 4.45. The average molecular weight is 362 g/mol. The summed E-state index contributed by atoms with van der Waals surface area (Å²) in [5.41, 5.74) is 1.22. The number of carbonyl (C=O) groups excluding carboxylic acids is 1. The molecule has 3 rings (SSSR count). The lowest BCUT2D eigenvalue weighted by molar-refractivity contribution is -0.120. The molecular weight excluding hydrogens is 346 g/mol. The molecule has 6 heteroatoms. The molecule has 0 heterocycles. The number of hydrogen-bond donors (Lipinski definition) is 0. The van der Waals surface area contributed by atoms with E-state index in [9.17, 15) is 22.0 Å². The molecule has 2 aromatic rings. The summed E-state index contributed by atoms with van der Waals surface area (Å²) >= 11 is 0. The number of carbonyl (C=O) groups is 1. The van der Waals surface area contributed by atoms with Crippen molar-refractivity contribution in [2.45, 2.75) is 18.7 Å². The maximum absolute atomic E-state index is 13.6. The lowest BCUT2D eigenvalue weighted by Crippen LogP contribution is -2.37. The van der Waals surface area contributed by atoms with E-state index in [2.05, 4.69) is 0 Å². The van der Waals surface area contributed by atoms with Gasteiger partial charge >= 0.3 is 0 Å². The van der Waals surface area contributed by atoms with E-state index in [1.807, 2.05) is 0 Å². The molecule has 2 aromatic carbocycles. The summed E-state index contributed by atoms with van der Waals surface area (Å²) in [4.78, 5) is 12.7. The molecule has 0 saturated heterocycles. The number of sulfone groups is 1. The van der Waals surface area contributed by atoms with Crippen molar-refractivity contribution in [3.63, 3.8) is 0 Å². The Morgan fingerprint density at radius 3 is 1.96 bits per heavy atom. The van der Waals surface area contributed by atoms with E-state index in [1.165, 1.54) is 18.2 Å². The third kappa shape index (κ3) is 2.80. The second-order valence-electron chi connectivity index (χ2n) is 6.63.